The lowest BCUT2D eigenvalue weighted by atomic mass is 10.2. The van der Waals surface area contributed by atoms with Crippen LogP contribution < -0.4 is 5.32 Å². The molecule has 0 aliphatic heterocycles. The van der Waals surface area contributed by atoms with E-state index in [0.29, 0.717) is 21.6 Å². The van der Waals surface area contributed by atoms with Crippen molar-refractivity contribution in [2.45, 2.75) is 6.54 Å². The zero-order valence-corrected chi connectivity index (χ0v) is 14.5. The standard InChI is InChI=1S/C17H12ClN5OS/c18-12-5-3-11(4-6-12)15-21-13-2-1-7-19-16(13)23(15)10-14(24)22-17-20-8-9-25-17/h1-9H,10H2,(H,20,22,24). The third-order valence-electron chi connectivity index (χ3n) is 3.59. The molecule has 0 atom stereocenters. The molecule has 1 aromatic carbocycles. The van der Waals surface area contributed by atoms with Crippen LogP contribution in [0.4, 0.5) is 5.13 Å². The molecule has 4 rings (SSSR count). The van der Waals surface area contributed by atoms with Gasteiger partial charge in [-0.2, -0.15) is 0 Å². The number of benzene rings is 1. The van der Waals surface area contributed by atoms with Crippen molar-refractivity contribution in [3.05, 3.63) is 59.2 Å². The van der Waals surface area contributed by atoms with Gasteiger partial charge in [-0.15, -0.1) is 11.3 Å². The highest BCUT2D eigenvalue weighted by Crippen LogP contribution is 2.25. The number of fused-ring (bicyclic) bond motifs is 1. The molecule has 0 saturated carbocycles. The van der Waals surface area contributed by atoms with Crippen LogP contribution in [0.2, 0.25) is 5.02 Å². The molecule has 8 heteroatoms. The highest BCUT2D eigenvalue weighted by atomic mass is 35.5. The van der Waals surface area contributed by atoms with E-state index in [1.54, 1.807) is 29.1 Å². The van der Waals surface area contributed by atoms with Crippen LogP contribution in [0, 0.1) is 0 Å². The van der Waals surface area contributed by atoms with Crippen molar-refractivity contribution in [1.29, 1.82) is 0 Å². The molecule has 6 nitrogen and oxygen atoms in total. The molecule has 3 aromatic heterocycles. The number of thiazole rings is 1. The van der Waals surface area contributed by atoms with Crippen molar-refractivity contribution in [2.24, 2.45) is 0 Å². The molecule has 0 radical (unpaired) electrons. The summed E-state index contributed by atoms with van der Waals surface area (Å²) in [6.45, 7) is 0.0883. The van der Waals surface area contributed by atoms with Crippen LogP contribution in [0.25, 0.3) is 22.6 Å². The normalized spacial score (nSPS) is 10.9. The molecule has 0 bridgehead atoms. The van der Waals surface area contributed by atoms with Crippen LogP contribution in [0.15, 0.2) is 54.2 Å². The average Bonchev–Trinajstić information content (AvgIpc) is 3.24. The van der Waals surface area contributed by atoms with Crippen molar-refractivity contribution < 1.29 is 4.79 Å². The van der Waals surface area contributed by atoms with Crippen LogP contribution in [-0.2, 0) is 11.3 Å². The highest BCUT2D eigenvalue weighted by molar-refractivity contribution is 7.13. The lowest BCUT2D eigenvalue weighted by Crippen LogP contribution is -2.19. The third kappa shape index (κ3) is 3.24. The Morgan fingerprint density at radius 1 is 1.16 bits per heavy atom. The molecule has 0 aliphatic carbocycles. The quantitative estimate of drug-likeness (QED) is 0.593. The molecule has 0 unspecified atom stereocenters. The number of carbonyl (C=O) groups is 1. The highest BCUT2D eigenvalue weighted by Gasteiger charge is 2.16. The molecular weight excluding hydrogens is 358 g/mol. The molecule has 0 spiro atoms. The summed E-state index contributed by atoms with van der Waals surface area (Å²) in [6, 6.07) is 11.0. The number of rotatable bonds is 4. The monoisotopic (exact) mass is 369 g/mol. The predicted octanol–water partition coefficient (Wildman–Crippen LogP) is 3.85. The minimum absolute atomic E-state index is 0.0883. The Hall–Kier alpha value is -2.77. The minimum atomic E-state index is -0.185. The van der Waals surface area contributed by atoms with Crippen molar-refractivity contribution >= 4 is 45.1 Å². The Kier molecular flexibility index (Phi) is 4.17. The van der Waals surface area contributed by atoms with E-state index in [2.05, 4.69) is 20.3 Å². The fraction of sp³-hybridized carbons (Fsp3) is 0.0588. The van der Waals surface area contributed by atoms with Gasteiger partial charge in [0.1, 0.15) is 17.9 Å². The summed E-state index contributed by atoms with van der Waals surface area (Å²) in [5.74, 6) is 0.481. The van der Waals surface area contributed by atoms with Crippen molar-refractivity contribution in [2.75, 3.05) is 5.32 Å². The number of hydrogen-bond donors (Lipinski definition) is 1. The van der Waals surface area contributed by atoms with E-state index in [4.69, 9.17) is 11.6 Å². The van der Waals surface area contributed by atoms with Gasteiger partial charge in [0.25, 0.3) is 0 Å². The fourth-order valence-electron chi connectivity index (χ4n) is 2.52. The molecule has 0 saturated heterocycles. The van der Waals surface area contributed by atoms with Gasteiger partial charge in [-0.1, -0.05) is 11.6 Å². The lowest BCUT2D eigenvalue weighted by molar-refractivity contribution is -0.116. The summed E-state index contributed by atoms with van der Waals surface area (Å²) in [7, 11) is 0. The molecule has 25 heavy (non-hydrogen) atoms. The van der Waals surface area contributed by atoms with Crippen LogP contribution in [0.1, 0.15) is 0 Å². The van der Waals surface area contributed by atoms with Crippen molar-refractivity contribution in [3.63, 3.8) is 0 Å². The fourth-order valence-corrected chi connectivity index (χ4v) is 3.19. The van der Waals surface area contributed by atoms with Crippen molar-refractivity contribution in [3.8, 4) is 11.4 Å². The molecule has 1 amide bonds. The maximum absolute atomic E-state index is 12.4. The number of halogens is 1. The Bertz CT molecular complexity index is 1030. The van der Waals surface area contributed by atoms with E-state index in [9.17, 15) is 4.79 Å². The van der Waals surface area contributed by atoms with Crippen LogP contribution in [0.5, 0.6) is 0 Å². The zero-order valence-electron chi connectivity index (χ0n) is 12.9. The first-order chi connectivity index (χ1) is 12.2. The average molecular weight is 370 g/mol. The number of imidazole rings is 1. The van der Waals surface area contributed by atoms with Gasteiger partial charge in [0.15, 0.2) is 10.8 Å². The number of anilines is 1. The first-order valence-corrected chi connectivity index (χ1v) is 8.73. The van der Waals surface area contributed by atoms with Crippen LogP contribution in [0.3, 0.4) is 0 Å². The smallest absolute Gasteiger partial charge is 0.246 e. The molecule has 3 heterocycles. The summed E-state index contributed by atoms with van der Waals surface area (Å²) >= 11 is 7.34. The van der Waals surface area contributed by atoms with Crippen LogP contribution >= 0.6 is 22.9 Å². The Balaban J connectivity index is 1.74. The van der Waals surface area contributed by atoms with E-state index in [1.165, 1.54) is 11.3 Å². The predicted molar refractivity (Wildman–Crippen MR) is 98.7 cm³/mol. The third-order valence-corrected chi connectivity index (χ3v) is 4.53. The maximum Gasteiger partial charge on any atom is 0.246 e. The summed E-state index contributed by atoms with van der Waals surface area (Å²) in [4.78, 5) is 25.5. The topological polar surface area (TPSA) is 72.7 Å². The van der Waals surface area contributed by atoms with Gasteiger partial charge in [0, 0.05) is 28.4 Å². The number of nitrogens with zero attached hydrogens (tertiary/aromatic N) is 4. The second-order valence-corrected chi connectivity index (χ2v) is 6.59. The van der Waals surface area contributed by atoms with E-state index >= 15 is 0 Å². The van der Waals surface area contributed by atoms with Gasteiger partial charge in [-0.3, -0.25) is 9.36 Å². The maximum atomic E-state index is 12.4. The number of amides is 1. The number of nitrogens with one attached hydrogen (secondary N) is 1. The molecule has 0 fully saturated rings. The molecule has 4 aromatic rings. The number of aromatic nitrogens is 4. The largest absolute Gasteiger partial charge is 0.300 e. The van der Waals surface area contributed by atoms with Gasteiger partial charge in [0.05, 0.1) is 0 Å². The summed E-state index contributed by atoms with van der Waals surface area (Å²) in [5.41, 5.74) is 2.25. The SMILES string of the molecule is O=C(Cn1c(-c2ccc(Cl)cc2)nc2cccnc21)Nc1nccs1. The second-order valence-electron chi connectivity index (χ2n) is 5.26. The molecule has 0 aliphatic rings. The summed E-state index contributed by atoms with van der Waals surface area (Å²) < 4.78 is 1.79. The number of pyridine rings is 1. The van der Waals surface area contributed by atoms with E-state index < -0.39 is 0 Å². The van der Waals surface area contributed by atoms with Gasteiger partial charge in [-0.05, 0) is 36.4 Å². The Morgan fingerprint density at radius 2 is 2.00 bits per heavy atom. The van der Waals surface area contributed by atoms with Crippen LogP contribution in [-0.4, -0.2) is 25.4 Å². The van der Waals surface area contributed by atoms with Gasteiger partial charge < -0.3 is 5.32 Å². The number of hydrogen-bond acceptors (Lipinski definition) is 5. The number of carbonyl (C=O) groups excluding carboxylic acids is 1. The lowest BCUT2D eigenvalue weighted by Gasteiger charge is -2.08. The van der Waals surface area contributed by atoms with E-state index in [1.807, 2.05) is 29.6 Å². The minimum Gasteiger partial charge on any atom is -0.300 e. The molecular formula is C17H12ClN5OS. The Morgan fingerprint density at radius 3 is 2.76 bits per heavy atom. The van der Waals surface area contributed by atoms with E-state index in [0.717, 1.165) is 11.1 Å². The van der Waals surface area contributed by atoms with Gasteiger partial charge in [-0.25, -0.2) is 15.0 Å². The van der Waals surface area contributed by atoms with Gasteiger partial charge >= 0.3 is 0 Å². The van der Waals surface area contributed by atoms with Crippen molar-refractivity contribution in [1.82, 2.24) is 19.5 Å². The second kappa shape index (κ2) is 6.62. The molecule has 1 N–H and O–H groups in total. The first kappa shape index (κ1) is 15.7. The molecule has 124 valence electrons. The Labute approximate surface area is 152 Å². The van der Waals surface area contributed by atoms with E-state index in [-0.39, 0.29) is 12.5 Å². The van der Waals surface area contributed by atoms with Gasteiger partial charge in [0.2, 0.25) is 5.91 Å². The zero-order chi connectivity index (χ0) is 17.2. The summed E-state index contributed by atoms with van der Waals surface area (Å²) in [6.07, 6.45) is 3.33. The first-order valence-electron chi connectivity index (χ1n) is 7.47. The summed E-state index contributed by atoms with van der Waals surface area (Å²) in [5, 5.41) is 5.80.